The third-order valence-electron chi connectivity index (χ3n) is 4.70. The zero-order valence-electron chi connectivity index (χ0n) is 13.4. The average Bonchev–Trinajstić information content (AvgIpc) is 3.22. The number of hydrogen-bond donors (Lipinski definition) is 3. The Kier molecular flexibility index (Phi) is 7.93. The van der Waals surface area contributed by atoms with Gasteiger partial charge in [0.15, 0.2) is 0 Å². The van der Waals surface area contributed by atoms with Gasteiger partial charge in [-0.2, -0.15) is 0 Å². The Balaban J connectivity index is 0.00000144. The Morgan fingerprint density at radius 2 is 2.04 bits per heavy atom. The Morgan fingerprint density at radius 1 is 1.29 bits per heavy atom. The van der Waals surface area contributed by atoms with Gasteiger partial charge in [0.05, 0.1) is 11.9 Å². The molecule has 3 N–H and O–H groups in total. The quantitative estimate of drug-likeness (QED) is 0.733. The molecule has 1 saturated heterocycles. The Bertz CT molecular complexity index is 550. The highest BCUT2D eigenvalue weighted by Gasteiger charge is 2.57. The van der Waals surface area contributed by atoms with Crippen molar-refractivity contribution in [1.82, 2.24) is 15.6 Å². The van der Waals surface area contributed by atoms with E-state index in [4.69, 9.17) is 0 Å². The summed E-state index contributed by atoms with van der Waals surface area (Å²) in [4.78, 5) is 27.9. The number of anilines is 1. The van der Waals surface area contributed by atoms with Crippen LogP contribution in [-0.2, 0) is 9.59 Å². The van der Waals surface area contributed by atoms with Crippen LogP contribution in [0, 0.1) is 11.3 Å². The normalized spacial score (nSPS) is 20.2. The minimum atomic E-state index is -0.110. The summed E-state index contributed by atoms with van der Waals surface area (Å²) in [5.41, 5.74) is 0.919. The predicted molar refractivity (Wildman–Crippen MR) is 97.6 cm³/mol. The number of pyridine rings is 1. The first kappa shape index (κ1) is 20.7. The number of aromatic nitrogens is 1. The van der Waals surface area contributed by atoms with E-state index >= 15 is 0 Å². The molecule has 134 valence electrons. The Hall–Kier alpha value is -1.37. The summed E-state index contributed by atoms with van der Waals surface area (Å²) in [5, 5.41) is 8.98. The van der Waals surface area contributed by atoms with Gasteiger partial charge in [0.25, 0.3) is 0 Å². The van der Waals surface area contributed by atoms with Crippen molar-refractivity contribution in [3.63, 3.8) is 0 Å². The van der Waals surface area contributed by atoms with Crippen LogP contribution in [0.3, 0.4) is 0 Å². The maximum atomic E-state index is 12.1. The van der Waals surface area contributed by atoms with Gasteiger partial charge in [0.1, 0.15) is 0 Å². The molecule has 1 aliphatic carbocycles. The van der Waals surface area contributed by atoms with Gasteiger partial charge in [-0.3, -0.25) is 14.6 Å². The lowest BCUT2D eigenvalue weighted by Gasteiger charge is -2.23. The number of halogens is 2. The molecule has 1 aromatic rings. The minimum Gasteiger partial charge on any atom is -0.355 e. The van der Waals surface area contributed by atoms with E-state index in [0.29, 0.717) is 12.2 Å². The van der Waals surface area contributed by atoms with Gasteiger partial charge >= 0.3 is 0 Å². The summed E-state index contributed by atoms with van der Waals surface area (Å²) in [5.74, 6) is 0.146. The molecule has 1 aromatic heterocycles. The van der Waals surface area contributed by atoms with Crippen molar-refractivity contribution in [2.24, 2.45) is 11.3 Å². The van der Waals surface area contributed by atoms with Gasteiger partial charge in [-0.05, 0) is 49.9 Å². The van der Waals surface area contributed by atoms with E-state index in [1.807, 2.05) is 0 Å². The minimum absolute atomic E-state index is 0. The Morgan fingerprint density at radius 3 is 2.71 bits per heavy atom. The summed E-state index contributed by atoms with van der Waals surface area (Å²) < 4.78 is 0. The van der Waals surface area contributed by atoms with E-state index in [9.17, 15) is 9.59 Å². The van der Waals surface area contributed by atoms with Gasteiger partial charge in [-0.25, -0.2) is 0 Å². The number of carbonyl (C=O) groups excluding carboxylic acids is 2. The van der Waals surface area contributed by atoms with Gasteiger partial charge in [-0.15, -0.1) is 24.8 Å². The molecule has 8 heteroatoms. The fourth-order valence-electron chi connectivity index (χ4n) is 3.28. The summed E-state index contributed by atoms with van der Waals surface area (Å²) in [6, 6.07) is 3.55. The van der Waals surface area contributed by atoms with Gasteiger partial charge in [-0.1, -0.05) is 0 Å². The van der Waals surface area contributed by atoms with E-state index in [1.165, 1.54) is 0 Å². The largest absolute Gasteiger partial charge is 0.355 e. The van der Waals surface area contributed by atoms with Crippen LogP contribution in [-0.4, -0.2) is 36.4 Å². The van der Waals surface area contributed by atoms with Gasteiger partial charge < -0.3 is 16.0 Å². The van der Waals surface area contributed by atoms with Crippen LogP contribution in [0.25, 0.3) is 0 Å². The molecule has 2 amide bonds. The maximum Gasteiger partial charge on any atom is 0.226 e. The molecular weight excluding hydrogens is 351 g/mol. The molecule has 24 heavy (non-hydrogen) atoms. The monoisotopic (exact) mass is 374 g/mol. The van der Waals surface area contributed by atoms with E-state index in [2.05, 4.69) is 20.9 Å². The van der Waals surface area contributed by atoms with Crippen LogP contribution < -0.4 is 16.0 Å². The topological polar surface area (TPSA) is 83.1 Å². The second-order valence-corrected chi connectivity index (χ2v) is 6.20. The third kappa shape index (κ3) is 5.06. The fourth-order valence-corrected chi connectivity index (χ4v) is 3.28. The predicted octanol–water partition coefficient (Wildman–Crippen LogP) is 1.76. The summed E-state index contributed by atoms with van der Waals surface area (Å²) in [6.45, 7) is 2.41. The number of nitrogens with one attached hydrogen (secondary N) is 3. The molecule has 1 saturated carbocycles. The van der Waals surface area contributed by atoms with Crippen LogP contribution >= 0.6 is 24.8 Å². The molecule has 2 fully saturated rings. The van der Waals surface area contributed by atoms with Gasteiger partial charge in [0.2, 0.25) is 11.8 Å². The molecule has 2 heterocycles. The molecule has 1 aliphatic heterocycles. The smallest absolute Gasteiger partial charge is 0.226 e. The van der Waals surface area contributed by atoms with Crippen LogP contribution in [0.5, 0.6) is 0 Å². The number of hydrogen-bond acceptors (Lipinski definition) is 4. The molecule has 2 aliphatic rings. The number of piperidine rings is 1. The lowest BCUT2D eigenvalue weighted by atomic mass is 9.92. The molecule has 1 unspecified atom stereocenters. The van der Waals surface area contributed by atoms with Crippen molar-refractivity contribution in [3.8, 4) is 0 Å². The van der Waals surface area contributed by atoms with E-state index in [0.717, 1.165) is 32.4 Å². The SMILES string of the molecule is Cl.Cl.O=C(CCNC(=O)C1CC12CCNCC2)Nc1cccnc1. The third-order valence-corrected chi connectivity index (χ3v) is 4.70. The number of nitrogens with zero attached hydrogens (tertiary/aromatic N) is 1. The first-order chi connectivity index (χ1) is 10.7. The van der Waals surface area contributed by atoms with Crippen molar-refractivity contribution in [2.45, 2.75) is 25.7 Å². The lowest BCUT2D eigenvalue weighted by Crippen LogP contribution is -2.34. The second kappa shape index (κ2) is 9.20. The number of rotatable bonds is 5. The molecule has 0 aromatic carbocycles. The maximum absolute atomic E-state index is 12.1. The highest BCUT2D eigenvalue weighted by atomic mass is 35.5. The van der Waals surface area contributed by atoms with Crippen LogP contribution in [0.15, 0.2) is 24.5 Å². The molecule has 0 radical (unpaired) electrons. The number of carbonyl (C=O) groups is 2. The Labute approximate surface area is 154 Å². The van der Waals surface area contributed by atoms with Crippen LogP contribution in [0.1, 0.15) is 25.7 Å². The summed E-state index contributed by atoms with van der Waals surface area (Å²) >= 11 is 0. The zero-order chi connectivity index (χ0) is 15.4. The standard InChI is InChI=1S/C16H22N4O2.2ClH/c21-14(20-12-2-1-6-18-11-12)3-7-19-15(22)13-10-16(13)4-8-17-9-5-16;;/h1-2,6,11,13,17H,3-5,7-10H2,(H,19,22)(H,20,21);2*1H. The molecular formula is C16H24Cl2N4O2. The van der Waals surface area contributed by atoms with Crippen molar-refractivity contribution in [3.05, 3.63) is 24.5 Å². The fraction of sp³-hybridized carbons (Fsp3) is 0.562. The highest BCUT2D eigenvalue weighted by molar-refractivity contribution is 5.91. The molecule has 0 bridgehead atoms. The van der Waals surface area contributed by atoms with E-state index < -0.39 is 0 Å². The van der Waals surface area contributed by atoms with E-state index in [-0.39, 0.29) is 54.4 Å². The second-order valence-electron chi connectivity index (χ2n) is 6.20. The highest BCUT2D eigenvalue weighted by Crippen LogP contribution is 2.58. The molecule has 1 spiro atoms. The molecule has 1 atom stereocenters. The van der Waals surface area contributed by atoms with Crippen LogP contribution in [0.2, 0.25) is 0 Å². The average molecular weight is 375 g/mol. The summed E-state index contributed by atoms with van der Waals surface area (Å²) in [7, 11) is 0. The van der Waals surface area contributed by atoms with Crippen LogP contribution in [0.4, 0.5) is 5.69 Å². The van der Waals surface area contributed by atoms with Crippen molar-refractivity contribution < 1.29 is 9.59 Å². The molecule has 3 rings (SSSR count). The lowest BCUT2D eigenvalue weighted by molar-refractivity contribution is -0.123. The zero-order valence-corrected chi connectivity index (χ0v) is 15.0. The van der Waals surface area contributed by atoms with Gasteiger partial charge in [0, 0.05) is 25.1 Å². The first-order valence-corrected chi connectivity index (χ1v) is 7.88. The van der Waals surface area contributed by atoms with Crippen molar-refractivity contribution in [2.75, 3.05) is 25.0 Å². The molecule has 6 nitrogen and oxygen atoms in total. The van der Waals surface area contributed by atoms with Crippen molar-refractivity contribution >= 4 is 42.3 Å². The summed E-state index contributed by atoms with van der Waals surface area (Å²) in [6.07, 6.45) is 6.72. The number of amides is 2. The van der Waals surface area contributed by atoms with E-state index in [1.54, 1.807) is 24.5 Å². The first-order valence-electron chi connectivity index (χ1n) is 7.88. The van der Waals surface area contributed by atoms with Crippen molar-refractivity contribution in [1.29, 1.82) is 0 Å².